The molecule has 0 fully saturated rings. The van der Waals surface area contributed by atoms with Crippen LogP contribution in [0.1, 0.15) is 12.8 Å². The minimum Gasteiger partial charge on any atom is -0.308 e. The van der Waals surface area contributed by atoms with Crippen molar-refractivity contribution in [2.24, 2.45) is 0 Å². The Labute approximate surface area is 192 Å². The molecule has 0 spiro atoms. The minimum absolute atomic E-state index is 0. The van der Waals surface area contributed by atoms with Gasteiger partial charge in [0.15, 0.2) is 15.0 Å². The predicted molar refractivity (Wildman–Crippen MR) is 125 cm³/mol. The summed E-state index contributed by atoms with van der Waals surface area (Å²) in [7, 11) is 0.352. The average Bonchev–Trinajstić information content (AvgIpc) is 3.14. The highest BCUT2D eigenvalue weighted by atomic mass is 35.5. The van der Waals surface area contributed by atoms with Crippen molar-refractivity contribution in [2.75, 3.05) is 37.8 Å². The largest absolute Gasteiger partial charge is 0.308 e. The molecule has 1 amide bonds. The summed E-state index contributed by atoms with van der Waals surface area (Å²) in [5.74, 6) is -0.762. The fraction of sp³-hybridized carbons (Fsp3) is 0.333. The Bertz CT molecular complexity index is 1120. The first-order valence-electron chi connectivity index (χ1n) is 9.56. The molecule has 0 aliphatic heterocycles. The first-order chi connectivity index (χ1) is 14.3. The fourth-order valence-electron chi connectivity index (χ4n) is 2.94. The molecule has 0 saturated carbocycles. The number of likely N-dealkylation sites (N-methyl/N-ethyl adjacent to an activating group) is 1. The third-order valence-electron chi connectivity index (χ3n) is 4.57. The van der Waals surface area contributed by atoms with Crippen LogP contribution in [0.4, 0.5) is 9.52 Å². The number of anilines is 1. The lowest BCUT2D eigenvalue weighted by Crippen LogP contribution is -2.36. The van der Waals surface area contributed by atoms with Gasteiger partial charge in [0.2, 0.25) is 5.91 Å². The van der Waals surface area contributed by atoms with E-state index < -0.39 is 15.7 Å². The summed E-state index contributed by atoms with van der Waals surface area (Å²) >= 11 is 1.25. The van der Waals surface area contributed by atoms with Crippen molar-refractivity contribution in [2.45, 2.75) is 17.7 Å². The van der Waals surface area contributed by atoms with Gasteiger partial charge in [-0.05, 0) is 44.8 Å². The Morgan fingerprint density at radius 3 is 2.42 bits per heavy atom. The standard InChI is InChI=1S/C21H24FN3O3S2.ClH/c1-24(2)13-14-25(21-23-20-17(22)10-6-11-18(20)29-21)19(26)12-7-15-30(27,28)16-8-4-3-5-9-16;/h3-6,8-11H,7,12-15H2,1-2H3;1H. The number of hydrogen-bond acceptors (Lipinski definition) is 6. The smallest absolute Gasteiger partial charge is 0.228 e. The molecule has 0 aliphatic carbocycles. The number of para-hydroxylation sites is 1. The molecule has 1 heterocycles. The average molecular weight is 486 g/mol. The minimum atomic E-state index is -3.44. The van der Waals surface area contributed by atoms with Crippen LogP contribution in [0, 0.1) is 5.82 Å². The zero-order valence-electron chi connectivity index (χ0n) is 17.3. The SMILES string of the molecule is CN(C)CCN(C(=O)CCCS(=O)(=O)c1ccccc1)c1nc2c(F)cccc2s1.Cl. The summed E-state index contributed by atoms with van der Waals surface area (Å²) in [6.07, 6.45) is 0.270. The number of amides is 1. The monoisotopic (exact) mass is 485 g/mol. The summed E-state index contributed by atoms with van der Waals surface area (Å²) in [6, 6.07) is 12.9. The van der Waals surface area contributed by atoms with E-state index in [4.69, 9.17) is 0 Å². The number of rotatable bonds is 9. The number of aromatic nitrogens is 1. The van der Waals surface area contributed by atoms with Crippen LogP contribution < -0.4 is 4.90 Å². The highest BCUT2D eigenvalue weighted by molar-refractivity contribution is 7.91. The van der Waals surface area contributed by atoms with Crippen molar-refractivity contribution in [3.8, 4) is 0 Å². The Kier molecular flexibility index (Phi) is 8.93. The number of nitrogens with zero attached hydrogens (tertiary/aromatic N) is 3. The molecule has 0 atom stereocenters. The number of benzene rings is 2. The normalized spacial score (nSPS) is 11.5. The quantitative estimate of drug-likeness (QED) is 0.458. The molecule has 0 radical (unpaired) electrons. The molecule has 3 rings (SSSR count). The topological polar surface area (TPSA) is 70.6 Å². The van der Waals surface area contributed by atoms with E-state index in [9.17, 15) is 17.6 Å². The summed E-state index contributed by atoms with van der Waals surface area (Å²) in [6.45, 7) is 0.991. The van der Waals surface area contributed by atoms with Crippen LogP contribution in [0.3, 0.4) is 0 Å². The molecule has 3 aromatic rings. The number of sulfone groups is 1. The molecule has 0 aliphatic rings. The zero-order chi connectivity index (χ0) is 21.7. The summed E-state index contributed by atoms with van der Waals surface area (Å²) < 4.78 is 39.6. The molecule has 31 heavy (non-hydrogen) atoms. The molecular weight excluding hydrogens is 461 g/mol. The molecule has 10 heteroatoms. The Morgan fingerprint density at radius 1 is 1.06 bits per heavy atom. The number of fused-ring (bicyclic) bond motifs is 1. The number of halogens is 2. The van der Waals surface area contributed by atoms with Gasteiger partial charge in [-0.3, -0.25) is 9.69 Å². The van der Waals surface area contributed by atoms with Crippen LogP contribution in [0.25, 0.3) is 10.2 Å². The first-order valence-corrected chi connectivity index (χ1v) is 12.0. The summed E-state index contributed by atoms with van der Waals surface area (Å²) in [5.41, 5.74) is 0.242. The van der Waals surface area contributed by atoms with Crippen molar-refractivity contribution in [1.82, 2.24) is 9.88 Å². The van der Waals surface area contributed by atoms with Gasteiger partial charge in [0.1, 0.15) is 11.3 Å². The van der Waals surface area contributed by atoms with Gasteiger partial charge in [-0.2, -0.15) is 0 Å². The van der Waals surface area contributed by atoms with E-state index >= 15 is 0 Å². The third-order valence-corrected chi connectivity index (χ3v) is 7.43. The predicted octanol–water partition coefficient (Wildman–Crippen LogP) is 4.01. The fourth-order valence-corrected chi connectivity index (χ4v) is 5.29. The highest BCUT2D eigenvalue weighted by Crippen LogP contribution is 2.30. The van der Waals surface area contributed by atoms with Gasteiger partial charge in [0.05, 0.1) is 15.3 Å². The molecule has 0 N–H and O–H groups in total. The second kappa shape index (κ2) is 11.0. The lowest BCUT2D eigenvalue weighted by molar-refractivity contribution is -0.118. The maximum Gasteiger partial charge on any atom is 0.228 e. The third kappa shape index (κ3) is 6.46. The van der Waals surface area contributed by atoms with Crippen molar-refractivity contribution >= 4 is 54.8 Å². The van der Waals surface area contributed by atoms with Gasteiger partial charge in [-0.25, -0.2) is 17.8 Å². The molecule has 0 unspecified atom stereocenters. The number of carbonyl (C=O) groups excluding carboxylic acids is 1. The van der Waals surface area contributed by atoms with Crippen LogP contribution in [0.15, 0.2) is 53.4 Å². The molecular formula is C21H25ClFN3O3S2. The van der Waals surface area contributed by atoms with Crippen LogP contribution in [0.5, 0.6) is 0 Å². The number of hydrogen-bond donors (Lipinski definition) is 0. The molecule has 6 nitrogen and oxygen atoms in total. The lowest BCUT2D eigenvalue weighted by Gasteiger charge is -2.22. The van der Waals surface area contributed by atoms with Crippen molar-refractivity contribution in [1.29, 1.82) is 0 Å². The van der Waals surface area contributed by atoms with E-state index in [0.717, 1.165) is 0 Å². The molecule has 0 bridgehead atoms. The van der Waals surface area contributed by atoms with Gasteiger partial charge in [-0.1, -0.05) is 35.6 Å². The van der Waals surface area contributed by atoms with Gasteiger partial charge in [0, 0.05) is 19.5 Å². The van der Waals surface area contributed by atoms with Crippen LogP contribution in [-0.4, -0.2) is 57.1 Å². The van der Waals surface area contributed by atoms with E-state index in [1.165, 1.54) is 22.3 Å². The number of thiazole rings is 1. The van der Waals surface area contributed by atoms with E-state index in [1.807, 2.05) is 19.0 Å². The maximum atomic E-state index is 14.0. The zero-order valence-corrected chi connectivity index (χ0v) is 19.8. The van der Waals surface area contributed by atoms with Gasteiger partial charge in [-0.15, -0.1) is 12.4 Å². The first kappa shape index (κ1) is 25.2. The maximum absolute atomic E-state index is 14.0. The second-order valence-corrected chi connectivity index (χ2v) is 10.3. The van der Waals surface area contributed by atoms with E-state index in [2.05, 4.69) is 4.98 Å². The van der Waals surface area contributed by atoms with Gasteiger partial charge in [0.25, 0.3) is 0 Å². The van der Waals surface area contributed by atoms with Gasteiger partial charge >= 0.3 is 0 Å². The Hall–Kier alpha value is -2.07. The van der Waals surface area contributed by atoms with Crippen molar-refractivity contribution < 1.29 is 17.6 Å². The lowest BCUT2D eigenvalue weighted by atomic mass is 10.3. The molecule has 2 aromatic carbocycles. The van der Waals surface area contributed by atoms with Crippen LogP contribution >= 0.6 is 23.7 Å². The molecule has 168 valence electrons. The summed E-state index contributed by atoms with van der Waals surface area (Å²) in [5, 5.41) is 0.424. The van der Waals surface area contributed by atoms with Crippen molar-refractivity contribution in [3.05, 3.63) is 54.3 Å². The van der Waals surface area contributed by atoms with Crippen LogP contribution in [-0.2, 0) is 14.6 Å². The van der Waals surface area contributed by atoms with E-state index in [0.29, 0.717) is 22.9 Å². The van der Waals surface area contributed by atoms with E-state index in [1.54, 1.807) is 42.5 Å². The highest BCUT2D eigenvalue weighted by Gasteiger charge is 2.22. The number of carbonyl (C=O) groups is 1. The van der Waals surface area contributed by atoms with E-state index in [-0.39, 0.29) is 47.3 Å². The van der Waals surface area contributed by atoms with Crippen LogP contribution in [0.2, 0.25) is 0 Å². The second-order valence-electron chi connectivity index (χ2n) is 7.17. The van der Waals surface area contributed by atoms with Crippen molar-refractivity contribution in [3.63, 3.8) is 0 Å². The summed E-state index contributed by atoms with van der Waals surface area (Å²) in [4.78, 5) is 21.0. The molecule has 1 aromatic heterocycles. The Balaban J connectivity index is 0.00000341. The molecule has 0 saturated heterocycles. The van der Waals surface area contributed by atoms with Gasteiger partial charge < -0.3 is 4.90 Å². The Morgan fingerprint density at radius 2 is 1.77 bits per heavy atom.